The molecule has 45 heavy (non-hydrogen) atoms. The van der Waals surface area contributed by atoms with Crippen molar-refractivity contribution >= 4 is 23.5 Å². The predicted octanol–water partition coefficient (Wildman–Crippen LogP) is 5.34. The number of nitrogens with zero attached hydrogens (tertiary/aromatic N) is 3. The molecule has 0 unspecified atom stereocenters. The van der Waals surface area contributed by atoms with Crippen molar-refractivity contribution in [3.8, 4) is 11.8 Å². The van der Waals surface area contributed by atoms with E-state index < -0.39 is 11.9 Å². The Labute approximate surface area is 264 Å². The maximum atomic E-state index is 13.2. The molecule has 12 heteroatoms. The van der Waals surface area contributed by atoms with Gasteiger partial charge in [-0.15, -0.1) is 0 Å². The second-order valence-electron chi connectivity index (χ2n) is 12.3. The van der Waals surface area contributed by atoms with Gasteiger partial charge >= 0.3 is 0 Å². The van der Waals surface area contributed by atoms with Crippen LogP contribution in [0.15, 0.2) is 28.7 Å². The minimum Gasteiger partial charge on any atom is -0.481 e. The smallest absolute Gasteiger partial charge is 0.300 e. The average Bonchev–Trinajstić information content (AvgIpc) is 3.69. The van der Waals surface area contributed by atoms with Crippen molar-refractivity contribution in [2.45, 2.75) is 72.0 Å². The Balaban J connectivity index is 0.00000109. The SMILES string of the molecule is CC(=O)O.COc1nc(NCCN2CCCC2)nc(OC)c1NC(=O)c1ccc(Cc2cc3c(cc2C)C(C)(C)OC3(C)C)o1. The molecule has 0 aliphatic carbocycles. The van der Waals surface area contributed by atoms with Gasteiger partial charge in [0.25, 0.3) is 11.9 Å². The van der Waals surface area contributed by atoms with E-state index in [2.05, 4.69) is 72.3 Å². The first-order chi connectivity index (χ1) is 21.2. The van der Waals surface area contributed by atoms with E-state index in [0.29, 0.717) is 24.7 Å². The van der Waals surface area contributed by atoms with Gasteiger partial charge in [-0.05, 0) is 94.9 Å². The minimum absolute atomic E-state index is 0.167. The number of hydrogen-bond acceptors (Lipinski definition) is 10. The van der Waals surface area contributed by atoms with Crippen LogP contribution in [0.3, 0.4) is 0 Å². The number of aromatic nitrogens is 2. The average molecular weight is 624 g/mol. The van der Waals surface area contributed by atoms with Crippen LogP contribution in [-0.2, 0) is 27.2 Å². The number of methoxy groups -OCH3 is 2. The molecule has 2 aliphatic heterocycles. The normalized spacial score (nSPS) is 16.4. The molecule has 0 spiro atoms. The number of rotatable bonds is 10. The van der Waals surface area contributed by atoms with Gasteiger partial charge in [0.1, 0.15) is 5.76 Å². The summed E-state index contributed by atoms with van der Waals surface area (Å²) in [6.07, 6.45) is 3.03. The number of benzene rings is 1. The lowest BCUT2D eigenvalue weighted by Crippen LogP contribution is -2.26. The highest BCUT2D eigenvalue weighted by atomic mass is 16.5. The molecule has 2 aromatic heterocycles. The summed E-state index contributed by atoms with van der Waals surface area (Å²) >= 11 is 0. The van der Waals surface area contributed by atoms with Crippen molar-refractivity contribution in [1.29, 1.82) is 0 Å². The lowest BCUT2D eigenvalue weighted by atomic mass is 9.86. The van der Waals surface area contributed by atoms with Gasteiger partial charge in [-0.3, -0.25) is 9.59 Å². The van der Waals surface area contributed by atoms with Crippen molar-refractivity contribution in [2.24, 2.45) is 0 Å². The van der Waals surface area contributed by atoms with Crippen LogP contribution in [0.2, 0.25) is 0 Å². The van der Waals surface area contributed by atoms with E-state index >= 15 is 0 Å². The van der Waals surface area contributed by atoms with E-state index in [9.17, 15) is 4.79 Å². The third kappa shape index (κ3) is 8.12. The number of nitrogens with one attached hydrogen (secondary N) is 2. The molecular formula is C33H45N5O7. The fraction of sp³-hybridized carbons (Fsp3) is 0.515. The largest absolute Gasteiger partial charge is 0.481 e. The van der Waals surface area contributed by atoms with E-state index in [1.54, 1.807) is 6.07 Å². The quantitative estimate of drug-likeness (QED) is 0.269. The standard InChI is InChI=1S/C31H41N5O5.C2H4O2/c1-19-16-22-23(31(4,5)41-30(22,2)3)18-20(19)17-21-10-11-24(40-21)26(37)33-25-27(38-6)34-29(35-28(25)39-7)32-12-15-36-13-8-9-14-36;1-2(3)4/h10-11,16,18H,8-9,12-15,17H2,1-7H3,(H,33,37)(H,32,34,35);1H3,(H,3,4). The summed E-state index contributed by atoms with van der Waals surface area (Å²) in [4.78, 5) is 33.5. The zero-order valence-electron chi connectivity index (χ0n) is 27.5. The number of aryl methyl sites for hydroxylation is 1. The van der Waals surface area contributed by atoms with Crippen molar-refractivity contribution in [3.05, 3.63) is 58.0 Å². The first-order valence-corrected chi connectivity index (χ1v) is 15.1. The Morgan fingerprint density at radius 1 is 1.00 bits per heavy atom. The second kappa shape index (κ2) is 13.9. The van der Waals surface area contributed by atoms with Crippen molar-refractivity contribution in [3.63, 3.8) is 0 Å². The van der Waals surface area contributed by atoms with Gasteiger partial charge in [0.05, 0.1) is 25.4 Å². The molecule has 244 valence electrons. The number of fused-ring (bicyclic) bond motifs is 1. The molecule has 0 radical (unpaired) electrons. The first kappa shape index (κ1) is 33.7. The highest BCUT2D eigenvalue weighted by Gasteiger charge is 2.43. The molecule has 1 amide bonds. The van der Waals surface area contributed by atoms with Crippen LogP contribution in [0.5, 0.6) is 11.8 Å². The summed E-state index contributed by atoms with van der Waals surface area (Å²) < 4.78 is 23.3. The molecular weight excluding hydrogens is 578 g/mol. The Morgan fingerprint density at radius 3 is 2.16 bits per heavy atom. The molecule has 0 atom stereocenters. The number of carboxylic acid groups (broad SMARTS) is 1. The lowest BCUT2D eigenvalue weighted by molar-refractivity contribution is -0.134. The molecule has 2 aliphatic rings. The van der Waals surface area contributed by atoms with Gasteiger partial charge in [0.2, 0.25) is 17.7 Å². The number of likely N-dealkylation sites (tertiary alicyclic amines) is 1. The van der Waals surface area contributed by atoms with Crippen LogP contribution in [0, 0.1) is 6.92 Å². The Morgan fingerprint density at radius 2 is 1.58 bits per heavy atom. The highest BCUT2D eigenvalue weighted by molar-refractivity contribution is 6.03. The lowest BCUT2D eigenvalue weighted by Gasteiger charge is -2.24. The topological polar surface area (TPSA) is 148 Å². The Kier molecular flexibility index (Phi) is 10.4. The van der Waals surface area contributed by atoms with Crippen LogP contribution in [-0.4, -0.2) is 72.2 Å². The van der Waals surface area contributed by atoms with Crippen LogP contribution >= 0.6 is 0 Å². The molecule has 4 heterocycles. The number of hydrogen-bond donors (Lipinski definition) is 3. The van der Waals surface area contributed by atoms with Crippen LogP contribution in [0.4, 0.5) is 11.6 Å². The fourth-order valence-electron chi connectivity index (χ4n) is 5.88. The van der Waals surface area contributed by atoms with E-state index in [4.69, 9.17) is 28.5 Å². The molecule has 1 fully saturated rings. The van der Waals surface area contributed by atoms with E-state index in [1.165, 1.54) is 38.2 Å². The van der Waals surface area contributed by atoms with Gasteiger partial charge in [-0.2, -0.15) is 9.97 Å². The van der Waals surface area contributed by atoms with Crippen molar-refractivity contribution in [2.75, 3.05) is 51.0 Å². The summed E-state index contributed by atoms with van der Waals surface area (Å²) in [6.45, 7) is 15.4. The van der Waals surface area contributed by atoms with E-state index in [0.717, 1.165) is 37.7 Å². The Bertz CT molecular complexity index is 1500. The number of carbonyl (C=O) groups excluding carboxylic acids is 1. The molecule has 3 aromatic rings. The Hall–Kier alpha value is -4.16. The predicted molar refractivity (Wildman–Crippen MR) is 170 cm³/mol. The highest BCUT2D eigenvalue weighted by Crippen LogP contribution is 2.47. The van der Waals surface area contributed by atoms with Crippen LogP contribution in [0.25, 0.3) is 0 Å². The molecule has 0 saturated carbocycles. The maximum Gasteiger partial charge on any atom is 0.300 e. The van der Waals surface area contributed by atoms with Gasteiger partial charge in [-0.25, -0.2) is 0 Å². The van der Waals surface area contributed by atoms with Gasteiger partial charge < -0.3 is 39.3 Å². The zero-order chi connectivity index (χ0) is 32.9. The first-order valence-electron chi connectivity index (χ1n) is 15.1. The van der Waals surface area contributed by atoms with Crippen molar-refractivity contribution in [1.82, 2.24) is 14.9 Å². The zero-order valence-corrected chi connectivity index (χ0v) is 27.5. The number of aliphatic carboxylic acids is 1. The summed E-state index contributed by atoms with van der Waals surface area (Å²) in [5.41, 5.74) is 4.19. The van der Waals surface area contributed by atoms with E-state index in [1.807, 2.05) is 6.07 Å². The van der Waals surface area contributed by atoms with Gasteiger partial charge in [-0.1, -0.05) is 12.1 Å². The number of amides is 1. The summed E-state index contributed by atoms with van der Waals surface area (Å²) in [5.74, 6) is 0.331. The monoisotopic (exact) mass is 623 g/mol. The molecule has 3 N–H and O–H groups in total. The number of carboxylic acids is 1. The molecule has 5 rings (SSSR count). The van der Waals surface area contributed by atoms with Crippen LogP contribution in [0.1, 0.15) is 86.0 Å². The number of carbonyl (C=O) groups is 2. The minimum atomic E-state index is -0.833. The summed E-state index contributed by atoms with van der Waals surface area (Å²) in [7, 11) is 2.98. The molecule has 1 aromatic carbocycles. The third-order valence-corrected chi connectivity index (χ3v) is 7.91. The number of ether oxygens (including phenoxy) is 3. The van der Waals surface area contributed by atoms with Gasteiger partial charge in [0, 0.05) is 26.4 Å². The fourth-order valence-corrected chi connectivity index (χ4v) is 5.88. The molecule has 1 saturated heterocycles. The van der Waals surface area contributed by atoms with Crippen molar-refractivity contribution < 1.29 is 33.3 Å². The summed E-state index contributed by atoms with van der Waals surface area (Å²) in [6, 6.07) is 7.90. The second-order valence-corrected chi connectivity index (χ2v) is 12.3. The summed E-state index contributed by atoms with van der Waals surface area (Å²) in [5, 5.41) is 13.5. The third-order valence-electron chi connectivity index (χ3n) is 7.91. The number of anilines is 2. The molecule has 12 nitrogen and oxygen atoms in total. The molecule has 0 bridgehead atoms. The van der Waals surface area contributed by atoms with Crippen LogP contribution < -0.4 is 20.1 Å². The number of furan rings is 1. The maximum absolute atomic E-state index is 13.2. The van der Waals surface area contributed by atoms with E-state index in [-0.39, 0.29) is 34.4 Å². The van der Waals surface area contributed by atoms with Gasteiger partial charge in [0.15, 0.2) is 11.4 Å².